The molecule has 0 aromatic rings. The number of rotatable bonds is 3. The Morgan fingerprint density at radius 3 is 2.18 bits per heavy atom. The van der Waals surface area contributed by atoms with Gasteiger partial charge >= 0.3 is 0 Å². The SMILES string of the molecule is C=C/C=C\C(=C/C)NC.CC. The molecule has 1 heteroatoms. The van der Waals surface area contributed by atoms with Crippen molar-refractivity contribution in [2.24, 2.45) is 0 Å². The Morgan fingerprint density at radius 2 is 1.91 bits per heavy atom. The number of nitrogens with one attached hydrogen (secondary N) is 1. The minimum absolute atomic E-state index is 1.11. The van der Waals surface area contributed by atoms with Crippen LogP contribution in [-0.2, 0) is 0 Å². The highest BCUT2D eigenvalue weighted by molar-refractivity contribution is 5.18. The Labute approximate surface area is 70.5 Å². The van der Waals surface area contributed by atoms with Crippen LogP contribution in [0.4, 0.5) is 0 Å². The second kappa shape index (κ2) is 11.8. The van der Waals surface area contributed by atoms with Gasteiger partial charge in [0, 0.05) is 12.7 Å². The number of hydrogen-bond donors (Lipinski definition) is 1. The zero-order valence-electron chi connectivity index (χ0n) is 8.02. The Hall–Kier alpha value is -0.980. The number of allylic oxidation sites excluding steroid dienone is 4. The molecule has 0 saturated heterocycles. The van der Waals surface area contributed by atoms with Crippen LogP contribution in [-0.4, -0.2) is 7.05 Å². The molecule has 0 amide bonds. The van der Waals surface area contributed by atoms with Gasteiger partial charge in [0.05, 0.1) is 0 Å². The standard InChI is InChI=1S/C8H13N.C2H6/c1-4-6-7-8(5-2)9-3;1-2/h4-7,9H,1H2,2-3H3;1-2H3/b7-6-,8-5+;. The predicted molar refractivity (Wildman–Crippen MR) is 53.5 cm³/mol. The molecular weight excluding hydrogens is 134 g/mol. The van der Waals surface area contributed by atoms with Crippen molar-refractivity contribution >= 4 is 0 Å². The van der Waals surface area contributed by atoms with Crippen LogP contribution in [0.3, 0.4) is 0 Å². The van der Waals surface area contributed by atoms with E-state index in [2.05, 4.69) is 11.9 Å². The summed E-state index contributed by atoms with van der Waals surface area (Å²) < 4.78 is 0. The molecule has 11 heavy (non-hydrogen) atoms. The molecule has 0 saturated carbocycles. The van der Waals surface area contributed by atoms with Gasteiger partial charge in [0.15, 0.2) is 0 Å². The summed E-state index contributed by atoms with van der Waals surface area (Å²) in [6, 6.07) is 0. The lowest BCUT2D eigenvalue weighted by atomic mass is 10.3. The molecule has 0 aliphatic carbocycles. The smallest absolute Gasteiger partial charge is 0.0294 e. The largest absolute Gasteiger partial charge is 0.388 e. The molecule has 0 unspecified atom stereocenters. The summed E-state index contributed by atoms with van der Waals surface area (Å²) >= 11 is 0. The van der Waals surface area contributed by atoms with E-state index >= 15 is 0 Å². The maximum absolute atomic E-state index is 3.56. The Morgan fingerprint density at radius 1 is 1.36 bits per heavy atom. The highest BCUT2D eigenvalue weighted by atomic mass is 14.8. The van der Waals surface area contributed by atoms with Crippen LogP contribution in [0.25, 0.3) is 0 Å². The zero-order valence-corrected chi connectivity index (χ0v) is 8.02. The summed E-state index contributed by atoms with van der Waals surface area (Å²) in [5, 5.41) is 3.01. The lowest BCUT2D eigenvalue weighted by molar-refractivity contribution is 1.03. The van der Waals surface area contributed by atoms with Crippen molar-refractivity contribution in [1.29, 1.82) is 0 Å². The van der Waals surface area contributed by atoms with Gasteiger partial charge in [-0.05, 0) is 13.0 Å². The average Bonchev–Trinajstić information content (AvgIpc) is 2.10. The molecule has 64 valence electrons. The normalized spacial score (nSPS) is 10.4. The molecule has 0 radical (unpaired) electrons. The molecule has 0 fully saturated rings. The molecule has 0 aliphatic rings. The molecule has 1 nitrogen and oxygen atoms in total. The van der Waals surface area contributed by atoms with E-state index in [0.29, 0.717) is 0 Å². The van der Waals surface area contributed by atoms with E-state index in [1.165, 1.54) is 0 Å². The van der Waals surface area contributed by atoms with E-state index in [-0.39, 0.29) is 0 Å². The van der Waals surface area contributed by atoms with Crippen LogP contribution < -0.4 is 5.32 Å². The van der Waals surface area contributed by atoms with Crippen molar-refractivity contribution in [3.05, 3.63) is 36.6 Å². The van der Waals surface area contributed by atoms with Crippen LogP contribution in [0, 0.1) is 0 Å². The summed E-state index contributed by atoms with van der Waals surface area (Å²) in [6.45, 7) is 9.54. The fourth-order valence-electron chi connectivity index (χ4n) is 0.496. The zero-order chi connectivity index (χ0) is 9.11. The Bertz CT molecular complexity index is 132. The minimum atomic E-state index is 1.11. The van der Waals surface area contributed by atoms with E-state index < -0.39 is 0 Å². The van der Waals surface area contributed by atoms with Crippen molar-refractivity contribution in [2.45, 2.75) is 20.8 Å². The molecule has 0 bridgehead atoms. The van der Waals surface area contributed by atoms with Crippen molar-refractivity contribution in [2.75, 3.05) is 7.05 Å². The fourth-order valence-corrected chi connectivity index (χ4v) is 0.496. The third-order valence-corrected chi connectivity index (χ3v) is 1.01. The first-order chi connectivity index (χ1) is 5.35. The molecule has 0 atom stereocenters. The van der Waals surface area contributed by atoms with Crippen molar-refractivity contribution in [1.82, 2.24) is 5.32 Å². The topological polar surface area (TPSA) is 12.0 Å². The van der Waals surface area contributed by atoms with Crippen molar-refractivity contribution < 1.29 is 0 Å². The van der Waals surface area contributed by atoms with E-state index in [1.807, 2.05) is 46.0 Å². The van der Waals surface area contributed by atoms with E-state index in [1.54, 1.807) is 6.08 Å². The first-order valence-electron chi connectivity index (χ1n) is 3.98. The first-order valence-corrected chi connectivity index (χ1v) is 3.98. The lowest BCUT2D eigenvalue weighted by Crippen LogP contribution is -2.01. The predicted octanol–water partition coefficient (Wildman–Crippen LogP) is 2.88. The van der Waals surface area contributed by atoms with Gasteiger partial charge in [-0.3, -0.25) is 0 Å². The third-order valence-electron chi connectivity index (χ3n) is 1.01. The second-order valence-electron chi connectivity index (χ2n) is 1.59. The van der Waals surface area contributed by atoms with Gasteiger partial charge in [0.1, 0.15) is 0 Å². The number of hydrogen-bond acceptors (Lipinski definition) is 1. The first kappa shape index (κ1) is 12.7. The van der Waals surface area contributed by atoms with Crippen LogP contribution in [0.2, 0.25) is 0 Å². The lowest BCUT2D eigenvalue weighted by Gasteiger charge is -1.95. The van der Waals surface area contributed by atoms with Gasteiger partial charge in [-0.1, -0.05) is 38.7 Å². The second-order valence-corrected chi connectivity index (χ2v) is 1.59. The fraction of sp³-hybridized carbons (Fsp3) is 0.400. The van der Waals surface area contributed by atoms with Gasteiger partial charge in [0.25, 0.3) is 0 Å². The van der Waals surface area contributed by atoms with Crippen LogP contribution in [0.1, 0.15) is 20.8 Å². The summed E-state index contributed by atoms with van der Waals surface area (Å²) in [6.07, 6.45) is 7.61. The molecule has 0 aliphatic heterocycles. The van der Waals surface area contributed by atoms with Crippen LogP contribution in [0.15, 0.2) is 36.6 Å². The highest BCUT2D eigenvalue weighted by Crippen LogP contribution is 1.88. The van der Waals surface area contributed by atoms with Crippen LogP contribution >= 0.6 is 0 Å². The van der Waals surface area contributed by atoms with E-state index in [9.17, 15) is 0 Å². The Balaban J connectivity index is 0. The minimum Gasteiger partial charge on any atom is -0.388 e. The third kappa shape index (κ3) is 9.02. The maximum Gasteiger partial charge on any atom is 0.0294 e. The summed E-state index contributed by atoms with van der Waals surface area (Å²) in [7, 11) is 1.89. The van der Waals surface area contributed by atoms with E-state index in [4.69, 9.17) is 0 Å². The highest BCUT2D eigenvalue weighted by Gasteiger charge is 1.77. The summed E-state index contributed by atoms with van der Waals surface area (Å²) in [4.78, 5) is 0. The average molecular weight is 153 g/mol. The van der Waals surface area contributed by atoms with Crippen LogP contribution in [0.5, 0.6) is 0 Å². The molecule has 0 heterocycles. The maximum atomic E-state index is 3.56. The molecular formula is C10H19N. The van der Waals surface area contributed by atoms with Gasteiger partial charge in [-0.25, -0.2) is 0 Å². The van der Waals surface area contributed by atoms with Gasteiger partial charge in [0.2, 0.25) is 0 Å². The van der Waals surface area contributed by atoms with Gasteiger partial charge in [-0.2, -0.15) is 0 Å². The molecule has 0 spiro atoms. The summed E-state index contributed by atoms with van der Waals surface area (Å²) in [5.74, 6) is 0. The quantitative estimate of drug-likeness (QED) is 0.615. The molecule has 0 aromatic heterocycles. The monoisotopic (exact) mass is 153 g/mol. The molecule has 0 aromatic carbocycles. The van der Waals surface area contributed by atoms with Crippen molar-refractivity contribution in [3.8, 4) is 0 Å². The Kier molecular flexibility index (Phi) is 13.6. The van der Waals surface area contributed by atoms with E-state index in [0.717, 1.165) is 5.70 Å². The molecule has 1 N–H and O–H groups in total. The van der Waals surface area contributed by atoms with Gasteiger partial charge in [-0.15, -0.1) is 0 Å². The number of likely N-dealkylation sites (N-methyl/N-ethyl adjacent to an activating group) is 1. The van der Waals surface area contributed by atoms with Gasteiger partial charge < -0.3 is 5.32 Å². The molecule has 0 rings (SSSR count). The summed E-state index contributed by atoms with van der Waals surface area (Å²) in [5.41, 5.74) is 1.11. The van der Waals surface area contributed by atoms with Crippen molar-refractivity contribution in [3.63, 3.8) is 0 Å².